The molecule has 1 fully saturated rings. The molecule has 0 saturated carbocycles. The van der Waals surface area contributed by atoms with Gasteiger partial charge in [0.25, 0.3) is 0 Å². The first-order chi connectivity index (χ1) is 8.33. The van der Waals surface area contributed by atoms with Gasteiger partial charge in [-0.15, -0.1) is 0 Å². The van der Waals surface area contributed by atoms with Gasteiger partial charge in [0.05, 0.1) is 13.2 Å². The first-order valence-corrected chi connectivity index (χ1v) is 6.50. The summed E-state index contributed by atoms with van der Waals surface area (Å²) in [4.78, 5) is 13.7. The van der Waals surface area contributed by atoms with Gasteiger partial charge in [-0.2, -0.15) is 0 Å². The third-order valence-corrected chi connectivity index (χ3v) is 2.89. The Morgan fingerprint density at radius 1 is 1.24 bits per heavy atom. The molecule has 0 aromatic heterocycles. The second-order valence-electron chi connectivity index (χ2n) is 4.34. The Morgan fingerprint density at radius 2 is 2.00 bits per heavy atom. The van der Waals surface area contributed by atoms with Gasteiger partial charge in [-0.25, -0.2) is 0 Å². The number of nitrogens with one attached hydrogen (secondary N) is 1. The first-order valence-electron chi connectivity index (χ1n) is 6.50. The van der Waals surface area contributed by atoms with Crippen LogP contribution in [-0.2, 0) is 9.53 Å². The van der Waals surface area contributed by atoms with E-state index in [2.05, 4.69) is 10.2 Å². The van der Waals surface area contributed by atoms with Crippen LogP contribution in [0.5, 0.6) is 0 Å². The van der Waals surface area contributed by atoms with Crippen LogP contribution in [0.3, 0.4) is 0 Å². The summed E-state index contributed by atoms with van der Waals surface area (Å²) in [7, 11) is 0. The quantitative estimate of drug-likeness (QED) is 0.589. The van der Waals surface area contributed by atoms with E-state index in [4.69, 9.17) is 9.84 Å². The highest BCUT2D eigenvalue weighted by Crippen LogP contribution is 1.98. The summed E-state index contributed by atoms with van der Waals surface area (Å²) in [6, 6.07) is 0. The van der Waals surface area contributed by atoms with Crippen LogP contribution in [0.4, 0.5) is 0 Å². The lowest BCUT2D eigenvalue weighted by molar-refractivity contribution is -0.121. The van der Waals surface area contributed by atoms with E-state index in [1.165, 1.54) is 0 Å². The summed E-state index contributed by atoms with van der Waals surface area (Å²) in [5.74, 6) is 0.0976. The molecule has 0 spiro atoms. The molecule has 100 valence electrons. The Kier molecular flexibility index (Phi) is 7.96. The highest BCUT2D eigenvalue weighted by atomic mass is 16.5. The number of amides is 1. The minimum Gasteiger partial charge on any atom is -0.396 e. The third kappa shape index (κ3) is 7.31. The van der Waals surface area contributed by atoms with E-state index in [1.807, 2.05) is 0 Å². The van der Waals surface area contributed by atoms with E-state index in [9.17, 15) is 4.79 Å². The lowest BCUT2D eigenvalue weighted by atomic mass is 10.2. The molecule has 1 aliphatic rings. The normalized spacial score (nSPS) is 17.0. The Labute approximate surface area is 103 Å². The molecule has 0 aromatic rings. The fourth-order valence-corrected chi connectivity index (χ4v) is 1.84. The molecule has 5 nitrogen and oxygen atoms in total. The van der Waals surface area contributed by atoms with Crippen molar-refractivity contribution in [3.8, 4) is 0 Å². The zero-order valence-corrected chi connectivity index (χ0v) is 10.5. The second-order valence-corrected chi connectivity index (χ2v) is 4.34. The summed E-state index contributed by atoms with van der Waals surface area (Å²) >= 11 is 0. The molecule has 0 unspecified atom stereocenters. The Morgan fingerprint density at radius 3 is 2.71 bits per heavy atom. The van der Waals surface area contributed by atoms with Crippen molar-refractivity contribution in [3.63, 3.8) is 0 Å². The SMILES string of the molecule is O=C(CCCCO)NCCCN1CCOCC1. The molecule has 5 heteroatoms. The maximum absolute atomic E-state index is 11.3. The summed E-state index contributed by atoms with van der Waals surface area (Å²) in [6.45, 7) is 5.61. The van der Waals surface area contributed by atoms with Crippen LogP contribution in [0.1, 0.15) is 25.7 Å². The zero-order chi connectivity index (χ0) is 12.3. The molecular formula is C12H24N2O3. The standard InChI is InChI=1S/C12H24N2O3/c15-9-2-1-4-12(16)13-5-3-6-14-7-10-17-11-8-14/h15H,1-11H2,(H,13,16). The fourth-order valence-electron chi connectivity index (χ4n) is 1.84. The number of carbonyl (C=O) groups is 1. The topological polar surface area (TPSA) is 61.8 Å². The molecule has 0 atom stereocenters. The van der Waals surface area contributed by atoms with Crippen molar-refractivity contribution in [2.45, 2.75) is 25.7 Å². The smallest absolute Gasteiger partial charge is 0.219 e. The maximum atomic E-state index is 11.3. The van der Waals surface area contributed by atoms with Gasteiger partial charge in [0, 0.05) is 32.7 Å². The van der Waals surface area contributed by atoms with E-state index >= 15 is 0 Å². The summed E-state index contributed by atoms with van der Waals surface area (Å²) < 4.78 is 5.27. The molecule has 1 amide bonds. The fraction of sp³-hybridized carbons (Fsp3) is 0.917. The number of unbranched alkanes of at least 4 members (excludes halogenated alkanes) is 1. The number of carbonyl (C=O) groups excluding carboxylic acids is 1. The van der Waals surface area contributed by atoms with Crippen molar-refractivity contribution in [1.29, 1.82) is 0 Å². The van der Waals surface area contributed by atoms with Crippen LogP contribution >= 0.6 is 0 Å². The van der Waals surface area contributed by atoms with E-state index in [-0.39, 0.29) is 12.5 Å². The van der Waals surface area contributed by atoms with Crippen LogP contribution in [-0.4, -0.2) is 61.9 Å². The molecule has 1 heterocycles. The Bertz CT molecular complexity index is 206. The van der Waals surface area contributed by atoms with Crippen LogP contribution in [0.15, 0.2) is 0 Å². The number of ether oxygens (including phenoxy) is 1. The predicted octanol–water partition coefficient (Wildman–Crippen LogP) is -0.0125. The van der Waals surface area contributed by atoms with Crippen molar-refractivity contribution >= 4 is 5.91 Å². The van der Waals surface area contributed by atoms with Gasteiger partial charge in [0.2, 0.25) is 5.91 Å². The number of rotatable bonds is 8. The van der Waals surface area contributed by atoms with E-state index < -0.39 is 0 Å². The van der Waals surface area contributed by atoms with Crippen molar-refractivity contribution in [2.24, 2.45) is 0 Å². The van der Waals surface area contributed by atoms with E-state index in [0.717, 1.165) is 52.2 Å². The minimum absolute atomic E-state index is 0.0976. The molecule has 17 heavy (non-hydrogen) atoms. The molecule has 0 bridgehead atoms. The number of aliphatic hydroxyl groups is 1. The Balaban J connectivity index is 1.90. The summed E-state index contributed by atoms with van der Waals surface area (Å²) in [5, 5.41) is 11.5. The molecule has 1 saturated heterocycles. The number of aliphatic hydroxyl groups excluding tert-OH is 1. The van der Waals surface area contributed by atoms with Gasteiger partial charge >= 0.3 is 0 Å². The van der Waals surface area contributed by atoms with E-state index in [1.54, 1.807) is 0 Å². The number of morpholine rings is 1. The minimum atomic E-state index is 0.0976. The van der Waals surface area contributed by atoms with Crippen LogP contribution in [0, 0.1) is 0 Å². The molecule has 0 aromatic carbocycles. The highest BCUT2D eigenvalue weighted by Gasteiger charge is 2.09. The van der Waals surface area contributed by atoms with Gasteiger partial charge in [-0.1, -0.05) is 0 Å². The first kappa shape index (κ1) is 14.4. The summed E-state index contributed by atoms with van der Waals surface area (Å²) in [5.41, 5.74) is 0. The number of nitrogens with zero attached hydrogens (tertiary/aromatic N) is 1. The number of hydrogen-bond acceptors (Lipinski definition) is 4. The van der Waals surface area contributed by atoms with Crippen molar-refractivity contribution in [2.75, 3.05) is 46.0 Å². The molecule has 2 N–H and O–H groups in total. The van der Waals surface area contributed by atoms with Gasteiger partial charge < -0.3 is 15.2 Å². The predicted molar refractivity (Wildman–Crippen MR) is 65.8 cm³/mol. The average molecular weight is 244 g/mol. The van der Waals surface area contributed by atoms with Crippen LogP contribution in [0.2, 0.25) is 0 Å². The number of hydrogen-bond donors (Lipinski definition) is 2. The van der Waals surface area contributed by atoms with Crippen LogP contribution in [0.25, 0.3) is 0 Å². The van der Waals surface area contributed by atoms with Gasteiger partial charge in [-0.05, 0) is 25.8 Å². The lowest BCUT2D eigenvalue weighted by Gasteiger charge is -2.26. The highest BCUT2D eigenvalue weighted by molar-refractivity contribution is 5.75. The molecule has 1 rings (SSSR count). The average Bonchev–Trinajstić information content (AvgIpc) is 2.36. The van der Waals surface area contributed by atoms with Crippen molar-refractivity contribution in [1.82, 2.24) is 10.2 Å². The van der Waals surface area contributed by atoms with Gasteiger partial charge in [0.1, 0.15) is 0 Å². The van der Waals surface area contributed by atoms with E-state index in [0.29, 0.717) is 12.8 Å². The summed E-state index contributed by atoms with van der Waals surface area (Å²) in [6.07, 6.45) is 3.00. The zero-order valence-electron chi connectivity index (χ0n) is 10.5. The Hall–Kier alpha value is -0.650. The van der Waals surface area contributed by atoms with Gasteiger partial charge in [0.15, 0.2) is 0 Å². The largest absolute Gasteiger partial charge is 0.396 e. The molecular weight excluding hydrogens is 220 g/mol. The van der Waals surface area contributed by atoms with Crippen molar-refractivity contribution < 1.29 is 14.6 Å². The monoisotopic (exact) mass is 244 g/mol. The molecule has 0 aliphatic carbocycles. The third-order valence-electron chi connectivity index (χ3n) is 2.89. The molecule has 1 aliphatic heterocycles. The second kappa shape index (κ2) is 9.39. The maximum Gasteiger partial charge on any atom is 0.219 e. The lowest BCUT2D eigenvalue weighted by Crippen LogP contribution is -2.38. The van der Waals surface area contributed by atoms with Crippen molar-refractivity contribution in [3.05, 3.63) is 0 Å². The molecule has 0 radical (unpaired) electrons. The van der Waals surface area contributed by atoms with Gasteiger partial charge in [-0.3, -0.25) is 9.69 Å². The van der Waals surface area contributed by atoms with Crippen LogP contribution < -0.4 is 5.32 Å².